The van der Waals surface area contributed by atoms with E-state index in [1.807, 2.05) is 60.7 Å². The van der Waals surface area contributed by atoms with Crippen LogP contribution in [-0.2, 0) is 0 Å². The zero-order valence-electron chi connectivity index (χ0n) is 14.7. The zero-order valence-corrected chi connectivity index (χ0v) is 15.5. The molecule has 2 heterocycles. The van der Waals surface area contributed by atoms with Crippen molar-refractivity contribution in [3.8, 4) is 17.1 Å². The van der Waals surface area contributed by atoms with Gasteiger partial charge < -0.3 is 0 Å². The normalized spacial score (nSPS) is 11.2. The van der Waals surface area contributed by atoms with Gasteiger partial charge in [0.25, 0.3) is 5.56 Å². The highest BCUT2D eigenvalue weighted by Gasteiger charge is 2.15. The van der Waals surface area contributed by atoms with Gasteiger partial charge in [-0.1, -0.05) is 41.9 Å². The second-order valence-corrected chi connectivity index (χ2v) is 6.92. The Balaban J connectivity index is 1.86. The number of hydrogen-bond acceptors (Lipinski definition) is 3. The number of nitrogens with zero attached hydrogens (tertiary/aromatic N) is 3. The van der Waals surface area contributed by atoms with E-state index in [4.69, 9.17) is 16.6 Å². The summed E-state index contributed by atoms with van der Waals surface area (Å²) in [5, 5.41) is 2.17. The Hall–Kier alpha value is -3.50. The quantitative estimate of drug-likeness (QED) is 0.418. The molecule has 5 aromatic rings. The zero-order chi connectivity index (χ0) is 19.1. The Labute approximate surface area is 165 Å². The predicted molar refractivity (Wildman–Crippen MR) is 113 cm³/mol. The molecular weight excluding hydrogens is 370 g/mol. The lowest BCUT2D eigenvalue weighted by Gasteiger charge is -2.14. The first kappa shape index (κ1) is 16.7. The van der Waals surface area contributed by atoms with Crippen molar-refractivity contribution in [2.75, 3.05) is 0 Å². The molecule has 0 unspecified atom stereocenters. The molecule has 0 amide bonds. The average molecular weight is 384 g/mol. The van der Waals surface area contributed by atoms with Crippen molar-refractivity contribution in [3.63, 3.8) is 0 Å². The van der Waals surface area contributed by atoms with Crippen LogP contribution in [0.4, 0.5) is 0 Å². The standard InChI is InChI=1S/C23H14ClN3O/c24-17-9-11-18(12-10-17)27-22(26-21-8-4-2-6-19(21)23(27)28)16-13-15-5-1-3-7-20(15)25-14-16/h1-14H. The summed E-state index contributed by atoms with van der Waals surface area (Å²) < 4.78 is 1.62. The average Bonchev–Trinajstić information content (AvgIpc) is 2.74. The maximum Gasteiger partial charge on any atom is 0.266 e. The number of rotatable bonds is 2. The van der Waals surface area contributed by atoms with Gasteiger partial charge in [0.1, 0.15) is 5.82 Å². The SMILES string of the molecule is O=c1c2ccccc2nc(-c2cnc3ccccc3c2)n1-c1ccc(Cl)cc1. The van der Waals surface area contributed by atoms with E-state index in [9.17, 15) is 4.79 Å². The number of aromatic nitrogens is 3. The number of benzene rings is 3. The Morgan fingerprint density at radius 3 is 2.36 bits per heavy atom. The fraction of sp³-hybridized carbons (Fsp3) is 0. The maximum atomic E-state index is 13.3. The second-order valence-electron chi connectivity index (χ2n) is 6.49. The van der Waals surface area contributed by atoms with E-state index in [0.29, 0.717) is 27.4 Å². The summed E-state index contributed by atoms with van der Waals surface area (Å²) in [5.41, 5.74) is 2.90. The molecule has 0 bridgehead atoms. The van der Waals surface area contributed by atoms with Crippen molar-refractivity contribution < 1.29 is 0 Å². The van der Waals surface area contributed by atoms with Gasteiger partial charge in [-0.15, -0.1) is 0 Å². The number of hydrogen-bond donors (Lipinski definition) is 0. The first-order chi connectivity index (χ1) is 13.7. The minimum Gasteiger partial charge on any atom is -0.268 e. The van der Waals surface area contributed by atoms with Gasteiger partial charge in [-0.25, -0.2) is 4.98 Å². The Bertz CT molecular complexity index is 1390. The van der Waals surface area contributed by atoms with Crippen LogP contribution in [0.15, 0.2) is 89.9 Å². The van der Waals surface area contributed by atoms with E-state index in [1.54, 1.807) is 29.0 Å². The van der Waals surface area contributed by atoms with Crippen molar-refractivity contribution in [1.29, 1.82) is 0 Å². The van der Waals surface area contributed by atoms with Crippen LogP contribution in [-0.4, -0.2) is 14.5 Å². The fourth-order valence-electron chi connectivity index (χ4n) is 3.35. The lowest BCUT2D eigenvalue weighted by molar-refractivity contribution is 0.975. The largest absolute Gasteiger partial charge is 0.268 e. The highest BCUT2D eigenvalue weighted by molar-refractivity contribution is 6.30. The molecule has 0 fully saturated rings. The third-order valence-corrected chi connectivity index (χ3v) is 4.96. The number of fused-ring (bicyclic) bond motifs is 2. The first-order valence-electron chi connectivity index (χ1n) is 8.84. The third kappa shape index (κ3) is 2.75. The van der Waals surface area contributed by atoms with E-state index in [-0.39, 0.29) is 5.56 Å². The van der Waals surface area contributed by atoms with E-state index >= 15 is 0 Å². The summed E-state index contributed by atoms with van der Waals surface area (Å²) >= 11 is 6.04. The molecule has 0 aliphatic carbocycles. The summed E-state index contributed by atoms with van der Waals surface area (Å²) in [6.45, 7) is 0. The molecule has 0 atom stereocenters. The van der Waals surface area contributed by atoms with Gasteiger partial charge in [0, 0.05) is 22.2 Å². The van der Waals surface area contributed by atoms with Crippen LogP contribution >= 0.6 is 11.6 Å². The first-order valence-corrected chi connectivity index (χ1v) is 9.21. The number of pyridine rings is 1. The van der Waals surface area contributed by atoms with E-state index in [1.165, 1.54) is 0 Å². The van der Waals surface area contributed by atoms with Crippen LogP contribution in [0, 0.1) is 0 Å². The maximum absolute atomic E-state index is 13.3. The molecule has 5 rings (SSSR count). The van der Waals surface area contributed by atoms with Crippen molar-refractivity contribution in [2.24, 2.45) is 0 Å². The lowest BCUT2D eigenvalue weighted by Crippen LogP contribution is -2.22. The molecule has 0 saturated carbocycles. The van der Waals surface area contributed by atoms with Gasteiger partial charge in [-0.05, 0) is 48.5 Å². The summed E-state index contributed by atoms with van der Waals surface area (Å²) in [6.07, 6.45) is 1.76. The molecule has 5 heteroatoms. The summed E-state index contributed by atoms with van der Waals surface area (Å²) in [5.74, 6) is 0.546. The van der Waals surface area contributed by atoms with Crippen LogP contribution in [0.5, 0.6) is 0 Å². The molecule has 0 spiro atoms. The Morgan fingerprint density at radius 2 is 1.54 bits per heavy atom. The van der Waals surface area contributed by atoms with Gasteiger partial charge in [-0.3, -0.25) is 14.3 Å². The number of halogens is 1. The molecule has 4 nitrogen and oxygen atoms in total. The molecule has 0 N–H and O–H groups in total. The molecule has 3 aromatic carbocycles. The topological polar surface area (TPSA) is 47.8 Å². The fourth-order valence-corrected chi connectivity index (χ4v) is 3.48. The number of para-hydroxylation sites is 2. The molecule has 2 aromatic heterocycles. The van der Waals surface area contributed by atoms with Crippen LogP contribution in [0.25, 0.3) is 38.9 Å². The van der Waals surface area contributed by atoms with Crippen LogP contribution in [0.1, 0.15) is 0 Å². The summed E-state index contributed by atoms with van der Waals surface area (Å²) in [6, 6.07) is 24.4. The minimum absolute atomic E-state index is 0.129. The van der Waals surface area contributed by atoms with Crippen molar-refractivity contribution in [3.05, 3.63) is 100 Å². The monoisotopic (exact) mass is 383 g/mol. The Morgan fingerprint density at radius 1 is 0.821 bits per heavy atom. The minimum atomic E-state index is -0.129. The molecule has 134 valence electrons. The summed E-state index contributed by atoms with van der Waals surface area (Å²) in [4.78, 5) is 22.7. The van der Waals surface area contributed by atoms with Gasteiger partial charge >= 0.3 is 0 Å². The van der Waals surface area contributed by atoms with Crippen LogP contribution in [0.2, 0.25) is 5.02 Å². The molecule has 0 radical (unpaired) electrons. The van der Waals surface area contributed by atoms with Gasteiger partial charge in [0.2, 0.25) is 0 Å². The van der Waals surface area contributed by atoms with E-state index < -0.39 is 0 Å². The smallest absolute Gasteiger partial charge is 0.266 e. The highest BCUT2D eigenvalue weighted by Crippen LogP contribution is 2.25. The van der Waals surface area contributed by atoms with Crippen LogP contribution in [0.3, 0.4) is 0 Å². The summed E-state index contributed by atoms with van der Waals surface area (Å²) in [7, 11) is 0. The van der Waals surface area contributed by atoms with Crippen molar-refractivity contribution in [2.45, 2.75) is 0 Å². The lowest BCUT2D eigenvalue weighted by atomic mass is 10.1. The molecule has 0 saturated heterocycles. The van der Waals surface area contributed by atoms with E-state index in [2.05, 4.69) is 4.98 Å². The van der Waals surface area contributed by atoms with Gasteiger partial charge in [0.05, 0.1) is 22.1 Å². The van der Waals surface area contributed by atoms with E-state index in [0.717, 1.165) is 16.5 Å². The van der Waals surface area contributed by atoms with Gasteiger partial charge in [-0.2, -0.15) is 0 Å². The second kappa shape index (κ2) is 6.59. The Kier molecular flexibility index (Phi) is 3.92. The molecule has 28 heavy (non-hydrogen) atoms. The molecule has 0 aliphatic heterocycles. The highest BCUT2D eigenvalue weighted by atomic mass is 35.5. The van der Waals surface area contributed by atoms with Crippen molar-refractivity contribution >= 4 is 33.4 Å². The third-order valence-electron chi connectivity index (χ3n) is 4.71. The van der Waals surface area contributed by atoms with Gasteiger partial charge in [0.15, 0.2) is 0 Å². The van der Waals surface area contributed by atoms with Crippen molar-refractivity contribution in [1.82, 2.24) is 14.5 Å². The van der Waals surface area contributed by atoms with Crippen LogP contribution < -0.4 is 5.56 Å². The molecule has 0 aliphatic rings. The predicted octanol–water partition coefficient (Wildman–Crippen LogP) is 5.25. The molecular formula is C23H14ClN3O.